The van der Waals surface area contributed by atoms with Crippen molar-refractivity contribution in [2.24, 2.45) is 11.7 Å². The third-order valence-electron chi connectivity index (χ3n) is 2.36. The lowest BCUT2D eigenvalue weighted by Gasteiger charge is -2.01. The Morgan fingerprint density at radius 1 is 0.750 bits per heavy atom. The van der Waals surface area contributed by atoms with Gasteiger partial charge in [0.1, 0.15) is 0 Å². The van der Waals surface area contributed by atoms with Crippen LogP contribution in [0, 0.1) is 22.7 Å². The first kappa shape index (κ1) is 17.6. The first-order valence-corrected chi connectivity index (χ1v) is 6.31. The maximum absolute atomic E-state index is 8.68. The van der Waals surface area contributed by atoms with Crippen molar-refractivity contribution in [3.8, 4) is 23.3 Å². The second-order valence-corrected chi connectivity index (χ2v) is 3.38. The molecule has 0 radical (unpaired) electrons. The van der Waals surface area contributed by atoms with Crippen LogP contribution in [0.2, 0.25) is 0 Å². The molecule has 0 aromatic heterocycles. The topological polar surface area (TPSA) is 99.6 Å². The van der Waals surface area contributed by atoms with Gasteiger partial charge in [0, 0.05) is 6.38 Å². The number of nitrogens with two attached hydrogens (primary N) is 2. The quantitative estimate of drug-likeness (QED) is 0.478. The molecular weight excluding hydrogens is 272 g/mol. The van der Waals surface area contributed by atoms with Gasteiger partial charge in [0.2, 0.25) is 0 Å². The summed E-state index contributed by atoms with van der Waals surface area (Å²) in [5.41, 5.74) is 3.39. The van der Waals surface area contributed by atoms with E-state index in [1.807, 2.05) is 24.3 Å². The average Bonchev–Trinajstić information content (AvgIpc) is 2.59. The van der Waals surface area contributed by atoms with Crippen molar-refractivity contribution in [3.63, 3.8) is 0 Å². The molecule has 0 heterocycles. The summed E-state index contributed by atoms with van der Waals surface area (Å²) in [5.74, 6) is 8.00. The van der Waals surface area contributed by atoms with Crippen molar-refractivity contribution in [1.29, 1.82) is 10.5 Å². The van der Waals surface area contributed by atoms with Crippen molar-refractivity contribution in [3.05, 3.63) is 59.7 Å². The van der Waals surface area contributed by atoms with Crippen molar-refractivity contribution < 1.29 is 1.43 Å². The molecule has 4 N–H and O–H groups in total. The van der Waals surface area contributed by atoms with Gasteiger partial charge in [-0.3, -0.25) is 11.7 Å². The first-order chi connectivity index (χ1) is 9.83. The fourth-order valence-corrected chi connectivity index (χ4v) is 1.47. The smallest absolute Gasteiger partial charge is 0.274 e. The van der Waals surface area contributed by atoms with Gasteiger partial charge in [0.15, 0.2) is 0 Å². The van der Waals surface area contributed by atoms with Crippen LogP contribution in [-0.4, -0.2) is 6.38 Å². The lowest BCUT2D eigenvalue weighted by atomic mass is 10.0. The summed E-state index contributed by atoms with van der Waals surface area (Å²) in [5, 5.41) is 17.4. The number of hydrogen-bond acceptors (Lipinski definition) is 4. The van der Waals surface area contributed by atoms with Crippen molar-refractivity contribution in [2.45, 2.75) is 0 Å². The van der Waals surface area contributed by atoms with E-state index in [2.05, 4.69) is 35.4 Å². The number of rotatable bonds is 1. The van der Waals surface area contributed by atoms with Crippen LogP contribution in [0.4, 0.5) is 0 Å². The average molecular weight is 288 g/mol. The van der Waals surface area contributed by atoms with Crippen LogP contribution in [0.5, 0.6) is 0 Å². The Morgan fingerprint density at radius 3 is 1.20 bits per heavy atom. The predicted molar refractivity (Wildman–Crippen MR) is 82.6 cm³/mol. The zero-order valence-electron chi connectivity index (χ0n) is 12.0. The van der Waals surface area contributed by atoms with Crippen LogP contribution in [0.3, 0.4) is 0 Å². The Bertz CT molecular complexity index is 528. The number of nitrogens with zero attached hydrogens (tertiary/aromatic N) is 2. The normalized spacial score (nSPS) is 7.90. The largest absolute Gasteiger partial charge is 1.00 e. The fourth-order valence-electron chi connectivity index (χ4n) is 1.47. The molecule has 0 spiro atoms. The first-order valence-electron chi connectivity index (χ1n) is 5.55. The molecule has 4 nitrogen and oxygen atoms in total. The summed E-state index contributed by atoms with van der Waals surface area (Å²) in [6.07, 6.45) is 1.47. The minimum atomic E-state index is 0. The maximum Gasteiger partial charge on any atom is 1.00 e. The summed E-state index contributed by atoms with van der Waals surface area (Å²) in [4.78, 5) is 0. The minimum absolute atomic E-state index is 0. The molecule has 0 amide bonds. The van der Waals surface area contributed by atoms with Crippen molar-refractivity contribution in [2.75, 3.05) is 6.38 Å². The van der Waals surface area contributed by atoms with E-state index >= 15 is 0 Å². The van der Waals surface area contributed by atoms with E-state index < -0.39 is 0 Å². The molecule has 102 valence electrons. The maximum atomic E-state index is 8.68. The Hall–Kier alpha value is -2.37. The van der Waals surface area contributed by atoms with Crippen LogP contribution in [-0.2, 0) is 0 Å². The number of halogens is 1. The molecule has 0 atom stereocenters. The van der Waals surface area contributed by atoms with E-state index in [9.17, 15) is 0 Å². The Morgan fingerprint density at radius 2 is 1.00 bits per heavy atom. The highest BCUT2D eigenvalue weighted by Crippen LogP contribution is 2.19. The molecule has 2 aromatic rings. The molecule has 2 rings (SSSR count). The van der Waals surface area contributed by atoms with Crippen molar-refractivity contribution in [1.82, 2.24) is 0 Å². The third-order valence-corrected chi connectivity index (χ3v) is 2.36. The third kappa shape index (κ3) is 5.09. The lowest BCUT2D eigenvalue weighted by Crippen LogP contribution is -2.02. The van der Waals surface area contributed by atoms with Gasteiger partial charge >= 0.3 is 1.43 Å². The molecule has 2 aromatic carbocycles. The molecule has 0 unspecified atom stereocenters. The second kappa shape index (κ2) is 10.5. The molecule has 0 saturated carbocycles. The zero-order chi connectivity index (χ0) is 15.4. The molecular formula is C15H16ClN4+. The predicted octanol–water partition coefficient (Wildman–Crippen LogP) is 2.88. The molecule has 5 heteroatoms. The molecule has 0 aliphatic carbocycles. The van der Waals surface area contributed by atoms with E-state index in [1.54, 1.807) is 24.3 Å². The molecule has 0 aliphatic rings. The lowest BCUT2D eigenvalue weighted by molar-refractivity contribution is 1.26. The summed E-state index contributed by atoms with van der Waals surface area (Å²) in [6, 6.07) is 18.9. The number of benzene rings is 2. The van der Waals surface area contributed by atoms with E-state index in [0.717, 1.165) is 11.1 Å². The highest BCUT2D eigenvalue weighted by molar-refractivity contribution is 6.15. The summed E-state index contributed by atoms with van der Waals surface area (Å²) in [6.45, 7) is 0. The van der Waals surface area contributed by atoms with Gasteiger partial charge in [-0.25, -0.2) is 0 Å². The highest BCUT2D eigenvalue weighted by Gasteiger charge is 1.98. The Balaban J connectivity index is 0. The van der Waals surface area contributed by atoms with E-state index in [-0.39, 0.29) is 1.43 Å². The van der Waals surface area contributed by atoms with Crippen LogP contribution in [0.15, 0.2) is 48.5 Å². The molecule has 20 heavy (non-hydrogen) atoms. The number of alkyl halides is 1. The SMILES string of the molecule is CCl.N#Cc1ccc(-c2ccc(C#N)cc2)cc1.NN.[H+]. The van der Waals surface area contributed by atoms with Gasteiger partial charge in [-0.2, -0.15) is 10.5 Å². The van der Waals surface area contributed by atoms with Gasteiger partial charge in [-0.15, -0.1) is 11.6 Å². The summed E-state index contributed by atoms with van der Waals surface area (Å²) < 4.78 is 0. The molecule has 0 saturated heterocycles. The van der Waals surface area contributed by atoms with Gasteiger partial charge in [-0.1, -0.05) is 24.3 Å². The Kier molecular flexibility index (Phi) is 9.29. The van der Waals surface area contributed by atoms with E-state index in [1.165, 1.54) is 6.38 Å². The summed E-state index contributed by atoms with van der Waals surface area (Å²) >= 11 is 4.64. The number of nitriles is 2. The molecule has 0 aliphatic heterocycles. The van der Waals surface area contributed by atoms with Gasteiger partial charge in [0.05, 0.1) is 23.3 Å². The number of hydrazine groups is 1. The number of hydrogen-bond donors (Lipinski definition) is 2. The molecule has 0 bridgehead atoms. The van der Waals surface area contributed by atoms with Crippen LogP contribution in [0.1, 0.15) is 12.6 Å². The minimum Gasteiger partial charge on any atom is -0.274 e. The van der Waals surface area contributed by atoms with E-state index in [0.29, 0.717) is 11.1 Å². The monoisotopic (exact) mass is 287 g/mol. The molecule has 0 fully saturated rings. The van der Waals surface area contributed by atoms with Gasteiger partial charge in [-0.05, 0) is 35.4 Å². The van der Waals surface area contributed by atoms with Crippen LogP contribution in [0.25, 0.3) is 11.1 Å². The van der Waals surface area contributed by atoms with Gasteiger partial charge in [0.25, 0.3) is 0 Å². The van der Waals surface area contributed by atoms with Gasteiger partial charge < -0.3 is 0 Å². The van der Waals surface area contributed by atoms with Crippen LogP contribution < -0.4 is 11.7 Å². The van der Waals surface area contributed by atoms with Crippen molar-refractivity contribution >= 4 is 11.6 Å². The standard InChI is InChI=1S/C14H8N2.CH3Cl.H4N2/c15-9-11-1-5-13(6-2-11)14-7-3-12(10-16)4-8-14;2*1-2/h1-8H;1H3;1-2H2/p+1. The summed E-state index contributed by atoms with van der Waals surface area (Å²) in [7, 11) is 0. The fraction of sp³-hybridized carbons (Fsp3) is 0.0667. The van der Waals surface area contributed by atoms with Crippen LogP contribution >= 0.6 is 11.6 Å². The highest BCUT2D eigenvalue weighted by atomic mass is 35.5. The second-order valence-electron chi connectivity index (χ2n) is 3.38. The Labute approximate surface area is 125 Å². The zero-order valence-corrected chi connectivity index (χ0v) is 11.8. The van der Waals surface area contributed by atoms with E-state index in [4.69, 9.17) is 10.5 Å².